The van der Waals surface area contributed by atoms with E-state index in [2.05, 4.69) is 24.8 Å². The first-order chi connectivity index (χ1) is 7.11. The number of thiophene rings is 1. The van der Waals surface area contributed by atoms with Gasteiger partial charge in [0.05, 0.1) is 9.88 Å². The van der Waals surface area contributed by atoms with Gasteiger partial charge in [0.2, 0.25) is 0 Å². The summed E-state index contributed by atoms with van der Waals surface area (Å²) in [7, 11) is 0. The van der Waals surface area contributed by atoms with Gasteiger partial charge >= 0.3 is 0 Å². The zero-order chi connectivity index (χ0) is 10.9. The third-order valence-electron chi connectivity index (χ3n) is 3.16. The van der Waals surface area contributed by atoms with Crippen LogP contribution in [0.15, 0.2) is 12.1 Å². The minimum atomic E-state index is 0.487. The summed E-state index contributed by atoms with van der Waals surface area (Å²) in [6, 6.07) is 3.97. The van der Waals surface area contributed by atoms with Gasteiger partial charge in [0, 0.05) is 13.1 Å². The number of carbonyl (C=O) groups is 1. The lowest BCUT2D eigenvalue weighted by Gasteiger charge is -2.37. The van der Waals surface area contributed by atoms with Crippen LogP contribution in [0.4, 0.5) is 5.00 Å². The van der Waals surface area contributed by atoms with Crippen LogP contribution in [0.2, 0.25) is 0 Å². The highest BCUT2D eigenvalue weighted by atomic mass is 32.1. The molecule has 2 rings (SSSR count). The minimum absolute atomic E-state index is 0.487. The molecule has 0 N–H and O–H groups in total. The second-order valence-electron chi connectivity index (χ2n) is 4.95. The highest BCUT2D eigenvalue weighted by Crippen LogP contribution is 2.34. The van der Waals surface area contributed by atoms with Crippen molar-refractivity contribution in [1.29, 1.82) is 0 Å². The predicted octanol–water partition coefficient (Wildman–Crippen LogP) is 3.19. The highest BCUT2D eigenvalue weighted by Gasteiger charge is 2.25. The van der Waals surface area contributed by atoms with Gasteiger partial charge in [-0.1, -0.05) is 13.8 Å². The van der Waals surface area contributed by atoms with Crippen LogP contribution in [0.5, 0.6) is 0 Å². The molecule has 1 saturated heterocycles. The number of hydrogen-bond acceptors (Lipinski definition) is 3. The van der Waals surface area contributed by atoms with E-state index in [0.29, 0.717) is 5.41 Å². The summed E-state index contributed by atoms with van der Waals surface area (Å²) < 4.78 is 0. The van der Waals surface area contributed by atoms with Crippen molar-refractivity contribution in [3.63, 3.8) is 0 Å². The summed E-state index contributed by atoms with van der Waals surface area (Å²) in [5, 5.41) is 1.24. The van der Waals surface area contributed by atoms with Gasteiger partial charge in [-0.15, -0.1) is 11.3 Å². The fourth-order valence-electron chi connectivity index (χ4n) is 1.91. The first kappa shape index (κ1) is 10.7. The van der Waals surface area contributed by atoms with Crippen LogP contribution in [0, 0.1) is 5.41 Å². The Morgan fingerprint density at radius 3 is 2.53 bits per heavy atom. The van der Waals surface area contributed by atoms with E-state index in [0.717, 1.165) is 24.3 Å². The van der Waals surface area contributed by atoms with Crippen LogP contribution >= 0.6 is 11.3 Å². The largest absolute Gasteiger partial charge is 0.363 e. The van der Waals surface area contributed by atoms with Gasteiger partial charge in [-0.25, -0.2) is 0 Å². The van der Waals surface area contributed by atoms with Crippen LogP contribution < -0.4 is 4.90 Å². The number of nitrogens with zero attached hydrogens (tertiary/aromatic N) is 1. The zero-order valence-electron chi connectivity index (χ0n) is 9.32. The molecular weight excluding hydrogens is 206 g/mol. The normalized spacial score (nSPS) is 20.3. The lowest BCUT2D eigenvalue weighted by molar-refractivity contribution is 0.112. The molecule has 1 aromatic rings. The Bertz CT molecular complexity index is 346. The van der Waals surface area contributed by atoms with Crippen molar-refractivity contribution in [2.75, 3.05) is 18.0 Å². The molecule has 0 amide bonds. The molecule has 0 unspecified atom stereocenters. The fraction of sp³-hybridized carbons (Fsp3) is 0.583. The summed E-state index contributed by atoms with van der Waals surface area (Å²) in [4.78, 5) is 13.8. The molecule has 3 heteroatoms. The van der Waals surface area contributed by atoms with E-state index in [-0.39, 0.29) is 0 Å². The van der Waals surface area contributed by atoms with Gasteiger partial charge in [0.1, 0.15) is 0 Å². The summed E-state index contributed by atoms with van der Waals surface area (Å²) in [5.41, 5.74) is 0.487. The Hall–Kier alpha value is -0.830. The maximum absolute atomic E-state index is 10.6. The number of anilines is 1. The van der Waals surface area contributed by atoms with E-state index in [1.807, 2.05) is 6.07 Å². The third-order valence-corrected chi connectivity index (χ3v) is 4.23. The molecule has 0 bridgehead atoms. The SMILES string of the molecule is CC1(C)CCN(c2ccc(C=O)s2)CC1. The van der Waals surface area contributed by atoms with Crippen LogP contribution in [0.3, 0.4) is 0 Å². The minimum Gasteiger partial charge on any atom is -0.363 e. The van der Waals surface area contributed by atoms with Gasteiger partial charge in [-0.3, -0.25) is 4.79 Å². The van der Waals surface area contributed by atoms with Crippen molar-refractivity contribution >= 4 is 22.6 Å². The van der Waals surface area contributed by atoms with E-state index in [1.54, 1.807) is 11.3 Å². The lowest BCUT2D eigenvalue weighted by atomic mass is 9.83. The number of piperidine rings is 1. The Kier molecular flexibility index (Phi) is 2.83. The Morgan fingerprint density at radius 2 is 2.00 bits per heavy atom. The van der Waals surface area contributed by atoms with Gasteiger partial charge in [-0.2, -0.15) is 0 Å². The summed E-state index contributed by atoms with van der Waals surface area (Å²) in [6.07, 6.45) is 3.41. The van der Waals surface area contributed by atoms with Crippen molar-refractivity contribution in [3.05, 3.63) is 17.0 Å². The average molecular weight is 223 g/mol. The van der Waals surface area contributed by atoms with E-state index < -0.39 is 0 Å². The first-order valence-electron chi connectivity index (χ1n) is 5.41. The van der Waals surface area contributed by atoms with Gasteiger partial charge in [0.15, 0.2) is 6.29 Å². The molecule has 0 radical (unpaired) electrons. The monoisotopic (exact) mass is 223 g/mol. The Labute approximate surface area is 94.9 Å². The van der Waals surface area contributed by atoms with E-state index in [9.17, 15) is 4.79 Å². The number of carbonyl (C=O) groups excluding carboxylic acids is 1. The van der Waals surface area contributed by atoms with Crippen molar-refractivity contribution in [3.8, 4) is 0 Å². The molecule has 1 aliphatic heterocycles. The van der Waals surface area contributed by atoms with E-state index >= 15 is 0 Å². The standard InChI is InChI=1S/C12H17NOS/c1-12(2)5-7-13(8-6-12)11-4-3-10(9-14)15-11/h3-4,9H,5-8H2,1-2H3. The van der Waals surface area contributed by atoms with Crippen LogP contribution in [-0.2, 0) is 0 Å². The van der Waals surface area contributed by atoms with Crippen molar-refractivity contribution in [2.45, 2.75) is 26.7 Å². The van der Waals surface area contributed by atoms with E-state index in [4.69, 9.17) is 0 Å². The van der Waals surface area contributed by atoms with Gasteiger partial charge < -0.3 is 4.90 Å². The molecule has 1 aliphatic rings. The zero-order valence-corrected chi connectivity index (χ0v) is 10.1. The third kappa shape index (κ3) is 2.40. The van der Waals surface area contributed by atoms with Crippen molar-refractivity contribution < 1.29 is 4.79 Å². The van der Waals surface area contributed by atoms with Crippen LogP contribution in [-0.4, -0.2) is 19.4 Å². The molecule has 0 aromatic carbocycles. The summed E-state index contributed by atoms with van der Waals surface area (Å²) in [6.45, 7) is 6.89. The predicted molar refractivity (Wildman–Crippen MR) is 64.9 cm³/mol. The Morgan fingerprint density at radius 1 is 1.33 bits per heavy atom. The van der Waals surface area contributed by atoms with Crippen molar-refractivity contribution in [2.24, 2.45) is 5.41 Å². The van der Waals surface area contributed by atoms with Crippen molar-refractivity contribution in [1.82, 2.24) is 0 Å². The van der Waals surface area contributed by atoms with E-state index in [1.165, 1.54) is 17.8 Å². The Balaban J connectivity index is 2.04. The molecule has 2 nitrogen and oxygen atoms in total. The van der Waals surface area contributed by atoms with Gasteiger partial charge in [-0.05, 0) is 30.4 Å². The second-order valence-corrected chi connectivity index (χ2v) is 6.04. The van der Waals surface area contributed by atoms with Gasteiger partial charge in [0.25, 0.3) is 0 Å². The molecular formula is C12H17NOS. The number of rotatable bonds is 2. The molecule has 0 atom stereocenters. The fourth-order valence-corrected chi connectivity index (χ4v) is 2.78. The molecule has 1 aromatic heterocycles. The molecule has 0 spiro atoms. The molecule has 2 heterocycles. The summed E-state index contributed by atoms with van der Waals surface area (Å²) >= 11 is 1.60. The smallest absolute Gasteiger partial charge is 0.160 e. The highest BCUT2D eigenvalue weighted by molar-refractivity contribution is 7.17. The lowest BCUT2D eigenvalue weighted by Crippen LogP contribution is -2.36. The van der Waals surface area contributed by atoms with Crippen LogP contribution in [0.1, 0.15) is 36.4 Å². The maximum atomic E-state index is 10.6. The second kappa shape index (κ2) is 3.97. The summed E-state index contributed by atoms with van der Waals surface area (Å²) in [5.74, 6) is 0. The van der Waals surface area contributed by atoms with Crippen LogP contribution in [0.25, 0.3) is 0 Å². The first-order valence-corrected chi connectivity index (χ1v) is 6.22. The quantitative estimate of drug-likeness (QED) is 0.718. The molecule has 15 heavy (non-hydrogen) atoms. The molecule has 0 saturated carbocycles. The molecule has 1 fully saturated rings. The maximum Gasteiger partial charge on any atom is 0.160 e. The molecule has 82 valence electrons. The number of hydrogen-bond donors (Lipinski definition) is 0. The molecule has 0 aliphatic carbocycles. The average Bonchev–Trinajstić information content (AvgIpc) is 2.66. The topological polar surface area (TPSA) is 20.3 Å². The number of aldehydes is 1.